The van der Waals surface area contributed by atoms with E-state index >= 15 is 0 Å². The molecule has 0 heterocycles. The van der Waals surface area contributed by atoms with E-state index in [-0.39, 0.29) is 18.4 Å². The summed E-state index contributed by atoms with van der Waals surface area (Å²) in [6.07, 6.45) is 1.39. The van der Waals surface area contributed by atoms with E-state index in [1.807, 2.05) is 87.5 Å². The molecule has 1 N–H and O–H groups in total. The average molecular weight is 536 g/mol. The summed E-state index contributed by atoms with van der Waals surface area (Å²) in [7, 11) is -2.27. The number of carbonyl (C=O) groups is 2. The van der Waals surface area contributed by atoms with Crippen LogP contribution in [0.15, 0.2) is 78.9 Å². The van der Waals surface area contributed by atoms with E-state index in [0.717, 1.165) is 32.8 Å². The molecule has 0 saturated carbocycles. The summed E-state index contributed by atoms with van der Waals surface area (Å²) in [5.41, 5.74) is 4.11. The second kappa shape index (κ2) is 12.7. The Morgan fingerprint density at radius 2 is 1.47 bits per heavy atom. The number of sulfonamides is 1. The monoisotopic (exact) mass is 535 g/mol. The molecule has 3 aromatic rings. The predicted octanol–water partition coefficient (Wildman–Crippen LogP) is 4.27. The van der Waals surface area contributed by atoms with Gasteiger partial charge in [0.05, 0.1) is 11.9 Å². The van der Waals surface area contributed by atoms with Crippen molar-refractivity contribution < 1.29 is 18.0 Å². The molecule has 0 spiro atoms. The van der Waals surface area contributed by atoms with Crippen LogP contribution in [0.3, 0.4) is 0 Å². The Kier molecular flexibility index (Phi) is 9.69. The summed E-state index contributed by atoms with van der Waals surface area (Å²) in [5, 5.41) is 2.69. The van der Waals surface area contributed by atoms with Crippen LogP contribution in [0.1, 0.15) is 42.0 Å². The van der Waals surface area contributed by atoms with Crippen LogP contribution >= 0.6 is 0 Å². The van der Waals surface area contributed by atoms with Crippen LogP contribution in [0.25, 0.3) is 0 Å². The molecule has 8 heteroatoms. The standard InChI is InChI=1S/C30H37N3O4S/c1-22(2)26-13-9-10-14-27(26)33(38(5,36)37)21-29(34)32(20-25-17-15-23(3)16-18-25)28(30(35)31-4)19-24-11-7-6-8-12-24/h6-18,22,28H,19-21H2,1-5H3,(H,31,35). The maximum atomic E-state index is 14.0. The Hall–Kier alpha value is -3.65. The Labute approximate surface area is 226 Å². The number of likely N-dealkylation sites (N-methyl/N-ethyl adjacent to an activating group) is 1. The summed E-state index contributed by atoms with van der Waals surface area (Å²) in [6, 6.07) is 23.6. The van der Waals surface area contributed by atoms with Crippen molar-refractivity contribution in [3.05, 3.63) is 101 Å². The molecule has 7 nitrogen and oxygen atoms in total. The number of hydrogen-bond acceptors (Lipinski definition) is 4. The second-order valence-electron chi connectivity index (χ2n) is 9.81. The van der Waals surface area contributed by atoms with Crippen LogP contribution in [0, 0.1) is 6.92 Å². The number of amides is 2. The quantitative estimate of drug-likeness (QED) is 0.397. The molecule has 0 saturated heterocycles. The number of nitrogens with one attached hydrogen (secondary N) is 1. The molecule has 0 aliphatic heterocycles. The maximum absolute atomic E-state index is 14.0. The van der Waals surface area contributed by atoms with Crippen molar-refractivity contribution in [3.8, 4) is 0 Å². The zero-order valence-corrected chi connectivity index (χ0v) is 23.5. The summed E-state index contributed by atoms with van der Waals surface area (Å²) in [6.45, 7) is 5.67. The van der Waals surface area contributed by atoms with Crippen LogP contribution in [0.4, 0.5) is 5.69 Å². The highest BCUT2D eigenvalue weighted by Crippen LogP contribution is 2.29. The SMILES string of the molecule is CNC(=O)C(Cc1ccccc1)N(Cc1ccc(C)cc1)C(=O)CN(c1ccccc1C(C)C)S(C)(=O)=O. The molecule has 1 atom stereocenters. The van der Waals surface area contributed by atoms with Gasteiger partial charge in [-0.1, -0.05) is 92.2 Å². The number of hydrogen-bond donors (Lipinski definition) is 1. The van der Waals surface area contributed by atoms with Gasteiger partial charge in [-0.15, -0.1) is 0 Å². The lowest BCUT2D eigenvalue weighted by molar-refractivity contribution is -0.139. The zero-order chi connectivity index (χ0) is 27.9. The minimum atomic E-state index is -3.81. The summed E-state index contributed by atoms with van der Waals surface area (Å²) >= 11 is 0. The summed E-state index contributed by atoms with van der Waals surface area (Å²) < 4.78 is 27.1. The van der Waals surface area contributed by atoms with Crippen LogP contribution < -0.4 is 9.62 Å². The van der Waals surface area contributed by atoms with Crippen molar-refractivity contribution in [1.82, 2.24) is 10.2 Å². The number of carbonyl (C=O) groups excluding carboxylic acids is 2. The molecule has 0 bridgehead atoms. The minimum Gasteiger partial charge on any atom is -0.357 e. The van der Waals surface area contributed by atoms with Gasteiger partial charge in [-0.25, -0.2) is 8.42 Å². The molecule has 0 aliphatic carbocycles. The third-order valence-electron chi connectivity index (χ3n) is 6.50. The minimum absolute atomic E-state index is 0.0471. The third-order valence-corrected chi connectivity index (χ3v) is 7.62. The number of benzene rings is 3. The fourth-order valence-electron chi connectivity index (χ4n) is 4.41. The van der Waals surface area contributed by atoms with Gasteiger partial charge < -0.3 is 10.2 Å². The molecular formula is C30H37N3O4S. The molecule has 1 unspecified atom stereocenters. The van der Waals surface area contributed by atoms with Gasteiger partial charge in [0, 0.05) is 20.0 Å². The van der Waals surface area contributed by atoms with Gasteiger partial charge in [-0.2, -0.15) is 0 Å². The van der Waals surface area contributed by atoms with Crippen molar-refractivity contribution in [2.24, 2.45) is 0 Å². The van der Waals surface area contributed by atoms with Gasteiger partial charge in [0.25, 0.3) is 0 Å². The smallest absolute Gasteiger partial charge is 0.244 e. The van der Waals surface area contributed by atoms with Crippen molar-refractivity contribution in [1.29, 1.82) is 0 Å². The van der Waals surface area contributed by atoms with E-state index in [9.17, 15) is 18.0 Å². The highest BCUT2D eigenvalue weighted by Gasteiger charge is 2.33. The fourth-order valence-corrected chi connectivity index (χ4v) is 5.28. The van der Waals surface area contributed by atoms with Gasteiger partial charge in [0.2, 0.25) is 21.8 Å². The number of rotatable bonds is 11. The maximum Gasteiger partial charge on any atom is 0.244 e. The largest absolute Gasteiger partial charge is 0.357 e. The normalized spacial score (nSPS) is 12.2. The van der Waals surface area contributed by atoms with E-state index < -0.39 is 28.5 Å². The van der Waals surface area contributed by atoms with Crippen LogP contribution in [-0.4, -0.2) is 51.0 Å². The van der Waals surface area contributed by atoms with Crippen molar-refractivity contribution in [3.63, 3.8) is 0 Å². The summed E-state index contributed by atoms with van der Waals surface area (Å²) in [4.78, 5) is 28.7. The molecule has 202 valence electrons. The first kappa shape index (κ1) is 28.9. The van der Waals surface area contributed by atoms with E-state index in [1.165, 1.54) is 11.9 Å². The first-order valence-corrected chi connectivity index (χ1v) is 14.5. The Morgan fingerprint density at radius 1 is 0.868 bits per heavy atom. The number of aryl methyl sites for hydroxylation is 1. The lowest BCUT2D eigenvalue weighted by Gasteiger charge is -2.34. The summed E-state index contributed by atoms with van der Waals surface area (Å²) in [5.74, 6) is -0.729. The predicted molar refractivity (Wildman–Crippen MR) is 152 cm³/mol. The Morgan fingerprint density at radius 3 is 2.05 bits per heavy atom. The van der Waals surface area contributed by atoms with Crippen LogP contribution in [0.5, 0.6) is 0 Å². The highest BCUT2D eigenvalue weighted by atomic mass is 32.2. The van der Waals surface area contributed by atoms with Crippen LogP contribution in [0.2, 0.25) is 0 Å². The van der Waals surface area contributed by atoms with Gasteiger partial charge in [-0.3, -0.25) is 13.9 Å². The van der Waals surface area contributed by atoms with E-state index in [0.29, 0.717) is 12.1 Å². The van der Waals surface area contributed by atoms with Crippen LogP contribution in [-0.2, 0) is 32.6 Å². The molecule has 3 rings (SSSR count). The highest BCUT2D eigenvalue weighted by molar-refractivity contribution is 7.92. The molecular weight excluding hydrogens is 498 g/mol. The average Bonchev–Trinajstić information content (AvgIpc) is 2.89. The van der Waals surface area contributed by atoms with Gasteiger partial charge >= 0.3 is 0 Å². The van der Waals surface area contributed by atoms with E-state index in [2.05, 4.69) is 5.32 Å². The number of nitrogens with zero attached hydrogens (tertiary/aromatic N) is 2. The number of para-hydroxylation sites is 1. The second-order valence-corrected chi connectivity index (χ2v) is 11.7. The van der Waals surface area contributed by atoms with Gasteiger partial charge in [0.15, 0.2) is 0 Å². The van der Waals surface area contributed by atoms with E-state index in [4.69, 9.17) is 0 Å². The topological polar surface area (TPSA) is 86.8 Å². The lowest BCUT2D eigenvalue weighted by Crippen LogP contribution is -2.53. The fraction of sp³-hybridized carbons (Fsp3) is 0.333. The van der Waals surface area contributed by atoms with Crippen molar-refractivity contribution in [2.45, 2.75) is 45.7 Å². The van der Waals surface area contributed by atoms with Crippen molar-refractivity contribution in [2.75, 3.05) is 24.2 Å². The van der Waals surface area contributed by atoms with Gasteiger partial charge in [0.1, 0.15) is 12.6 Å². The molecule has 0 aromatic heterocycles. The third kappa shape index (κ3) is 7.44. The molecule has 0 aliphatic rings. The lowest BCUT2D eigenvalue weighted by atomic mass is 10.0. The van der Waals surface area contributed by atoms with Gasteiger partial charge in [-0.05, 0) is 35.6 Å². The first-order chi connectivity index (χ1) is 18.0. The Balaban J connectivity index is 2.06. The number of anilines is 1. The Bertz CT molecular complexity index is 1340. The molecule has 2 amide bonds. The molecule has 38 heavy (non-hydrogen) atoms. The van der Waals surface area contributed by atoms with E-state index in [1.54, 1.807) is 12.1 Å². The molecule has 0 fully saturated rings. The zero-order valence-electron chi connectivity index (χ0n) is 22.7. The first-order valence-electron chi connectivity index (χ1n) is 12.7. The van der Waals surface area contributed by atoms with Crippen molar-refractivity contribution >= 4 is 27.5 Å². The molecule has 0 radical (unpaired) electrons. The molecule has 3 aromatic carbocycles.